The Kier molecular flexibility index (Phi) is 12.7. The van der Waals surface area contributed by atoms with Crippen LogP contribution in [0.4, 0.5) is 0 Å². The van der Waals surface area contributed by atoms with Crippen molar-refractivity contribution in [1.82, 2.24) is 4.57 Å². The van der Waals surface area contributed by atoms with Gasteiger partial charge in [-0.3, -0.25) is 0 Å². The van der Waals surface area contributed by atoms with E-state index >= 15 is 0 Å². The molecule has 251 valence electrons. The van der Waals surface area contributed by atoms with Gasteiger partial charge in [-0.1, -0.05) is 91.8 Å². The van der Waals surface area contributed by atoms with Crippen LogP contribution in [-0.4, -0.2) is 24.3 Å². The van der Waals surface area contributed by atoms with Crippen LogP contribution in [0.15, 0.2) is 140 Å². The predicted octanol–water partition coefficient (Wildman–Crippen LogP) is 9.22. The van der Waals surface area contributed by atoms with Gasteiger partial charge in [-0.25, -0.2) is 9.13 Å². The molecule has 0 fully saturated rings. The van der Waals surface area contributed by atoms with Crippen molar-refractivity contribution in [2.45, 2.75) is 79.1 Å². The summed E-state index contributed by atoms with van der Waals surface area (Å²) in [6.07, 6.45) is 4.41. The first kappa shape index (κ1) is 36.8. The molecule has 0 N–H and O–H groups in total. The molecule has 0 aliphatic rings. The fourth-order valence-corrected chi connectivity index (χ4v) is 14.4. The van der Waals surface area contributed by atoms with Crippen LogP contribution in [0.25, 0.3) is 11.4 Å². The summed E-state index contributed by atoms with van der Waals surface area (Å²) < 4.78 is 9.23. The van der Waals surface area contributed by atoms with Gasteiger partial charge in [0.15, 0.2) is 0 Å². The summed E-state index contributed by atoms with van der Waals surface area (Å²) in [5.74, 6) is 1.81. The second kappa shape index (κ2) is 17.0. The van der Waals surface area contributed by atoms with Gasteiger partial charge in [-0.05, 0) is 23.7 Å². The SMILES string of the molecule is CC(C)c1cccc(C(C)C)c1-n1cc[n+](-c2c(C(C)C)cccc2C(C)C)c1[PH-].c1cc[c]([Sn]([c]2ccccc2)[c]2ccccc2)cc1. The molecule has 5 aromatic carbocycles. The summed E-state index contributed by atoms with van der Waals surface area (Å²) in [5.41, 5.74) is 9.18. The number of rotatable bonds is 9. The van der Waals surface area contributed by atoms with Crippen LogP contribution in [0.1, 0.15) is 101 Å². The van der Waals surface area contributed by atoms with Crippen LogP contribution in [0, 0.1) is 0 Å². The summed E-state index contributed by atoms with van der Waals surface area (Å²) in [6.45, 7) is 18.2. The standard InChI is InChI=1S/C27H37N2P.3C6H5.Sn/c1-17(2)21-11-9-12-22(18(3)4)25(21)28-15-16-29(27(28)30)26-23(19(5)6)13-10-14-24(26)20(7)8;3*1-2-4-6-5-3-1;/h9-20,30H,1-8H3;3*1-5H;. The molecule has 0 saturated carbocycles. The molecule has 0 atom stereocenters. The van der Waals surface area contributed by atoms with Gasteiger partial charge in [0, 0.05) is 22.3 Å². The molecule has 0 aliphatic carbocycles. The van der Waals surface area contributed by atoms with Crippen LogP contribution in [0.2, 0.25) is 0 Å². The normalized spacial score (nSPS) is 11.5. The van der Waals surface area contributed by atoms with Crippen LogP contribution in [0.5, 0.6) is 0 Å². The van der Waals surface area contributed by atoms with Crippen molar-refractivity contribution in [1.29, 1.82) is 0 Å². The minimum atomic E-state index is -1.98. The third kappa shape index (κ3) is 8.47. The van der Waals surface area contributed by atoms with Crippen LogP contribution in [-0.2, 0) is 0 Å². The van der Waals surface area contributed by atoms with Gasteiger partial charge >= 0.3 is 121 Å². The zero-order valence-corrected chi connectivity index (χ0v) is 34.3. The van der Waals surface area contributed by atoms with E-state index in [0.29, 0.717) is 23.7 Å². The Morgan fingerprint density at radius 2 is 0.816 bits per heavy atom. The number of hydrogen-bond acceptors (Lipinski definition) is 0. The van der Waals surface area contributed by atoms with Crippen molar-refractivity contribution in [3.8, 4) is 11.4 Å². The Balaban J connectivity index is 0.000000211. The molecule has 6 rings (SSSR count). The first-order valence-electron chi connectivity index (χ1n) is 17.7. The molecule has 0 bridgehead atoms. The van der Waals surface area contributed by atoms with Gasteiger partial charge in [0.1, 0.15) is 29.3 Å². The van der Waals surface area contributed by atoms with E-state index in [2.05, 4.69) is 214 Å². The van der Waals surface area contributed by atoms with Gasteiger partial charge in [-0.2, -0.15) is 0 Å². The molecule has 1 heterocycles. The van der Waals surface area contributed by atoms with Gasteiger partial charge in [0.25, 0.3) is 0 Å². The van der Waals surface area contributed by atoms with Gasteiger partial charge < -0.3 is 9.24 Å². The Hall–Kier alpha value is -3.46. The van der Waals surface area contributed by atoms with E-state index in [1.165, 1.54) is 44.4 Å². The van der Waals surface area contributed by atoms with Gasteiger partial charge in [0.2, 0.25) is 0 Å². The molecule has 0 spiro atoms. The molecule has 0 amide bonds. The molecule has 6 aromatic rings. The maximum absolute atomic E-state index is 4.05. The van der Waals surface area contributed by atoms with E-state index < -0.39 is 19.8 Å². The summed E-state index contributed by atoms with van der Waals surface area (Å²) in [7, 11) is 4.05. The zero-order chi connectivity index (χ0) is 35.1. The van der Waals surface area contributed by atoms with Crippen molar-refractivity contribution in [2.24, 2.45) is 0 Å². The fourth-order valence-electron chi connectivity index (χ4n) is 6.65. The molecule has 2 nitrogen and oxygen atoms in total. The van der Waals surface area contributed by atoms with Crippen LogP contribution >= 0.6 is 9.24 Å². The van der Waals surface area contributed by atoms with E-state index in [4.69, 9.17) is 0 Å². The second-order valence-electron chi connectivity index (χ2n) is 14.0. The van der Waals surface area contributed by atoms with Crippen molar-refractivity contribution >= 4 is 45.3 Å². The quantitative estimate of drug-likeness (QED) is 0.0789. The number of nitrogens with zero attached hydrogens (tertiary/aromatic N) is 2. The summed E-state index contributed by atoms with van der Waals surface area (Å²) in [6, 6.07) is 46.4. The first-order chi connectivity index (χ1) is 23.6. The number of benzene rings is 5. The van der Waals surface area contributed by atoms with Crippen LogP contribution in [0.3, 0.4) is 0 Å². The Morgan fingerprint density at radius 3 is 1.16 bits per heavy atom. The molecule has 4 heteroatoms. The number of aromatic nitrogens is 2. The number of imidazole rings is 1. The van der Waals surface area contributed by atoms with E-state index in [9.17, 15) is 0 Å². The monoisotopic (exact) mass is 771 g/mol. The molecule has 0 saturated heterocycles. The number of hydrogen-bond donors (Lipinski definition) is 0. The predicted molar refractivity (Wildman–Crippen MR) is 216 cm³/mol. The topological polar surface area (TPSA) is 8.81 Å². The van der Waals surface area contributed by atoms with E-state index in [0.717, 1.165) is 5.57 Å². The summed E-state index contributed by atoms with van der Waals surface area (Å²) >= 11 is -1.98. The fraction of sp³-hybridized carbons (Fsp3) is 0.267. The summed E-state index contributed by atoms with van der Waals surface area (Å²) in [4.78, 5) is 0. The molecule has 1 radical (unpaired) electrons. The molecular formula is C45H52N2PSn. The van der Waals surface area contributed by atoms with Crippen LogP contribution < -0.4 is 20.9 Å². The Bertz CT molecular complexity index is 1700. The molecule has 0 aliphatic heterocycles. The van der Waals surface area contributed by atoms with E-state index in [1.54, 1.807) is 0 Å². The second-order valence-corrected chi connectivity index (χ2v) is 21.6. The van der Waals surface area contributed by atoms with E-state index in [-0.39, 0.29) is 0 Å². The maximum atomic E-state index is 4.05. The average molecular weight is 771 g/mol. The first-order valence-corrected chi connectivity index (χ1v) is 22.5. The molecule has 0 unspecified atom stereocenters. The molecular weight excluding hydrogens is 718 g/mol. The zero-order valence-electron chi connectivity index (χ0n) is 30.5. The average Bonchev–Trinajstić information content (AvgIpc) is 3.49. The van der Waals surface area contributed by atoms with Gasteiger partial charge in [-0.15, -0.1) is 0 Å². The van der Waals surface area contributed by atoms with Crippen molar-refractivity contribution < 1.29 is 4.57 Å². The van der Waals surface area contributed by atoms with Crippen molar-refractivity contribution in [3.05, 3.63) is 162 Å². The van der Waals surface area contributed by atoms with Crippen molar-refractivity contribution in [2.75, 3.05) is 0 Å². The molecule has 1 aromatic heterocycles. The Morgan fingerprint density at radius 1 is 0.469 bits per heavy atom. The third-order valence-corrected chi connectivity index (χ3v) is 17.5. The molecule has 49 heavy (non-hydrogen) atoms. The van der Waals surface area contributed by atoms with Gasteiger partial charge in [0.05, 0.1) is 0 Å². The minimum absolute atomic E-state index is 0.454. The number of para-hydroxylation sites is 2. The third-order valence-electron chi connectivity index (χ3n) is 9.18. The summed E-state index contributed by atoms with van der Waals surface area (Å²) in [5, 5.41) is 0. The Labute approximate surface area is 305 Å². The van der Waals surface area contributed by atoms with Crippen molar-refractivity contribution in [3.63, 3.8) is 0 Å². The van der Waals surface area contributed by atoms with E-state index in [1.807, 2.05) is 0 Å².